The summed E-state index contributed by atoms with van der Waals surface area (Å²) in [5, 5.41) is 10.6. The second-order valence-electron chi connectivity index (χ2n) is 2.44. The lowest BCUT2D eigenvalue weighted by Crippen LogP contribution is -2.00. The van der Waals surface area contributed by atoms with Crippen LogP contribution in [-0.4, -0.2) is 17.0 Å². The van der Waals surface area contributed by atoms with Crippen molar-refractivity contribution in [3.63, 3.8) is 0 Å². The molecule has 0 radical (unpaired) electrons. The molecule has 0 unspecified atom stereocenters. The van der Waals surface area contributed by atoms with Gasteiger partial charge in [0.1, 0.15) is 10.2 Å². The fourth-order valence-corrected chi connectivity index (χ4v) is 1.47. The summed E-state index contributed by atoms with van der Waals surface area (Å²) in [6.45, 7) is 0. The number of alkyl halides is 2. The van der Waals surface area contributed by atoms with Gasteiger partial charge in [-0.05, 0) is 22.0 Å². The van der Waals surface area contributed by atoms with Gasteiger partial charge in [-0.1, -0.05) is 0 Å². The Kier molecular flexibility index (Phi) is 3.51. The molecule has 1 rings (SSSR count). The smallest absolute Gasteiger partial charge is 0.344 e. The zero-order valence-corrected chi connectivity index (χ0v) is 8.99. The summed E-state index contributed by atoms with van der Waals surface area (Å²) in [6, 6.07) is 0.894. The first-order valence-corrected chi connectivity index (χ1v) is 4.43. The molecule has 0 spiro atoms. The number of halogens is 3. The Labute approximate surface area is 91.3 Å². The first-order valence-electron chi connectivity index (χ1n) is 3.64. The van der Waals surface area contributed by atoms with Crippen molar-refractivity contribution in [1.82, 2.24) is 4.98 Å². The zero-order valence-electron chi connectivity index (χ0n) is 7.41. The van der Waals surface area contributed by atoms with Crippen molar-refractivity contribution in [3.05, 3.63) is 26.3 Å². The van der Waals surface area contributed by atoms with Gasteiger partial charge in [-0.3, -0.25) is 10.1 Å². The second kappa shape index (κ2) is 4.47. The number of rotatable bonds is 3. The summed E-state index contributed by atoms with van der Waals surface area (Å²) in [5.41, 5.74) is -1.05. The van der Waals surface area contributed by atoms with Gasteiger partial charge >= 0.3 is 5.69 Å². The molecule has 5 nitrogen and oxygen atoms in total. The van der Waals surface area contributed by atoms with Crippen LogP contribution >= 0.6 is 15.9 Å². The summed E-state index contributed by atoms with van der Waals surface area (Å²) in [7, 11) is 1.12. The standard InChI is InChI=1S/C7H5BrF2N2O3/c1-15-7-5(12(13)14)3(8)2-4(11-7)6(9)10/h2,6H,1H3. The lowest BCUT2D eigenvalue weighted by Gasteiger charge is -2.05. The Balaban J connectivity index is 3.37. The monoisotopic (exact) mass is 282 g/mol. The minimum atomic E-state index is -2.81. The lowest BCUT2D eigenvalue weighted by molar-refractivity contribution is -0.387. The van der Waals surface area contributed by atoms with E-state index in [-0.39, 0.29) is 4.47 Å². The van der Waals surface area contributed by atoms with E-state index in [1.807, 2.05) is 0 Å². The Hall–Kier alpha value is -1.31. The second-order valence-corrected chi connectivity index (χ2v) is 3.30. The summed E-state index contributed by atoms with van der Waals surface area (Å²) >= 11 is 2.81. The maximum atomic E-state index is 12.3. The van der Waals surface area contributed by atoms with E-state index in [2.05, 4.69) is 25.7 Å². The van der Waals surface area contributed by atoms with E-state index in [0.717, 1.165) is 13.2 Å². The molecule has 0 aromatic carbocycles. The van der Waals surface area contributed by atoms with Crippen LogP contribution in [0.25, 0.3) is 0 Å². The third-order valence-electron chi connectivity index (χ3n) is 1.53. The van der Waals surface area contributed by atoms with Crippen molar-refractivity contribution < 1.29 is 18.4 Å². The van der Waals surface area contributed by atoms with Crippen molar-refractivity contribution in [2.24, 2.45) is 0 Å². The van der Waals surface area contributed by atoms with Gasteiger partial charge in [-0.2, -0.15) is 0 Å². The molecule has 15 heavy (non-hydrogen) atoms. The van der Waals surface area contributed by atoms with Crippen LogP contribution < -0.4 is 4.74 Å². The molecule has 1 heterocycles. The molecule has 0 atom stereocenters. The quantitative estimate of drug-likeness (QED) is 0.632. The maximum Gasteiger partial charge on any atom is 0.344 e. The highest BCUT2D eigenvalue weighted by atomic mass is 79.9. The van der Waals surface area contributed by atoms with E-state index < -0.39 is 28.6 Å². The number of nitrogens with zero attached hydrogens (tertiary/aromatic N) is 2. The fraction of sp³-hybridized carbons (Fsp3) is 0.286. The van der Waals surface area contributed by atoms with E-state index in [4.69, 9.17) is 0 Å². The highest BCUT2D eigenvalue weighted by Gasteiger charge is 2.24. The van der Waals surface area contributed by atoms with Crippen LogP contribution in [0.5, 0.6) is 5.88 Å². The summed E-state index contributed by atoms with van der Waals surface area (Å²) in [5.74, 6) is -0.440. The minimum Gasteiger partial charge on any atom is -0.476 e. The van der Waals surface area contributed by atoms with Gasteiger partial charge in [0.15, 0.2) is 0 Å². The Morgan fingerprint density at radius 2 is 2.27 bits per heavy atom. The summed E-state index contributed by atoms with van der Waals surface area (Å²) < 4.78 is 29.0. The third kappa shape index (κ3) is 2.38. The molecule has 0 N–H and O–H groups in total. The normalized spacial score (nSPS) is 10.5. The van der Waals surface area contributed by atoms with E-state index in [0.29, 0.717) is 0 Å². The fourth-order valence-electron chi connectivity index (χ4n) is 0.922. The average Bonchev–Trinajstić information content (AvgIpc) is 2.15. The van der Waals surface area contributed by atoms with Gasteiger partial charge in [0, 0.05) is 0 Å². The van der Waals surface area contributed by atoms with E-state index in [1.165, 1.54) is 0 Å². The minimum absolute atomic E-state index is 0.0883. The first kappa shape index (κ1) is 11.8. The van der Waals surface area contributed by atoms with Crippen LogP contribution in [0.2, 0.25) is 0 Å². The summed E-state index contributed by atoms with van der Waals surface area (Å²) in [6.07, 6.45) is -2.81. The number of pyridine rings is 1. The first-order chi connectivity index (χ1) is 6.97. The Morgan fingerprint density at radius 1 is 1.67 bits per heavy atom. The van der Waals surface area contributed by atoms with Gasteiger partial charge in [-0.25, -0.2) is 13.8 Å². The number of nitro groups is 1. The third-order valence-corrected chi connectivity index (χ3v) is 2.14. The lowest BCUT2D eigenvalue weighted by atomic mass is 10.3. The van der Waals surface area contributed by atoms with Crippen LogP contribution in [0.4, 0.5) is 14.5 Å². The molecule has 0 aliphatic rings. The molecule has 0 aliphatic heterocycles. The van der Waals surface area contributed by atoms with Gasteiger partial charge in [0.25, 0.3) is 12.3 Å². The van der Waals surface area contributed by atoms with Gasteiger partial charge in [-0.15, -0.1) is 0 Å². The molecule has 0 saturated heterocycles. The molecule has 0 bridgehead atoms. The molecule has 0 aliphatic carbocycles. The van der Waals surface area contributed by atoms with Crippen LogP contribution in [0.1, 0.15) is 12.1 Å². The van der Waals surface area contributed by atoms with Crippen LogP contribution in [0.15, 0.2) is 10.5 Å². The molecule has 0 amide bonds. The predicted molar refractivity (Wildman–Crippen MR) is 50.1 cm³/mol. The summed E-state index contributed by atoms with van der Waals surface area (Å²) in [4.78, 5) is 13.1. The Morgan fingerprint density at radius 3 is 2.67 bits per heavy atom. The highest BCUT2D eigenvalue weighted by Crippen LogP contribution is 2.35. The number of aromatic nitrogens is 1. The molecule has 1 aromatic rings. The van der Waals surface area contributed by atoms with Crippen molar-refractivity contribution in [2.45, 2.75) is 6.43 Å². The van der Waals surface area contributed by atoms with Crippen molar-refractivity contribution >= 4 is 21.6 Å². The van der Waals surface area contributed by atoms with Crippen LogP contribution in [-0.2, 0) is 0 Å². The topological polar surface area (TPSA) is 65.3 Å². The number of ether oxygens (including phenoxy) is 1. The molecule has 82 valence electrons. The highest BCUT2D eigenvalue weighted by molar-refractivity contribution is 9.10. The van der Waals surface area contributed by atoms with E-state index in [1.54, 1.807) is 0 Å². The van der Waals surface area contributed by atoms with Gasteiger partial charge in [0.05, 0.1) is 12.0 Å². The zero-order chi connectivity index (χ0) is 11.6. The van der Waals surface area contributed by atoms with Crippen molar-refractivity contribution in [1.29, 1.82) is 0 Å². The van der Waals surface area contributed by atoms with Gasteiger partial charge < -0.3 is 4.74 Å². The predicted octanol–water partition coefficient (Wildman–Crippen LogP) is 2.70. The largest absolute Gasteiger partial charge is 0.476 e. The molecule has 8 heteroatoms. The van der Waals surface area contributed by atoms with Crippen LogP contribution in [0.3, 0.4) is 0 Å². The number of hydrogen-bond acceptors (Lipinski definition) is 4. The number of methoxy groups -OCH3 is 1. The van der Waals surface area contributed by atoms with Crippen molar-refractivity contribution in [3.8, 4) is 5.88 Å². The molecule has 0 saturated carbocycles. The molecule has 1 aromatic heterocycles. The number of hydrogen-bond donors (Lipinski definition) is 0. The SMILES string of the molecule is COc1nc(C(F)F)cc(Br)c1[N+](=O)[O-]. The molecule has 0 fully saturated rings. The maximum absolute atomic E-state index is 12.3. The Bertz CT molecular complexity index is 400. The average molecular weight is 283 g/mol. The van der Waals surface area contributed by atoms with Crippen molar-refractivity contribution in [2.75, 3.05) is 7.11 Å². The van der Waals surface area contributed by atoms with E-state index in [9.17, 15) is 18.9 Å². The van der Waals surface area contributed by atoms with Crippen LogP contribution in [0, 0.1) is 10.1 Å². The molecular formula is C7H5BrF2N2O3. The van der Waals surface area contributed by atoms with Gasteiger partial charge in [0.2, 0.25) is 0 Å². The molecular weight excluding hydrogens is 278 g/mol. The van der Waals surface area contributed by atoms with E-state index >= 15 is 0 Å².